The molecular formula is C12H17N5. The first kappa shape index (κ1) is 10.5. The Hall–Kier alpha value is -1.65. The van der Waals surface area contributed by atoms with Crippen LogP contribution in [0.5, 0.6) is 0 Å². The van der Waals surface area contributed by atoms with Gasteiger partial charge >= 0.3 is 0 Å². The minimum Gasteiger partial charge on any atom is -0.382 e. The fourth-order valence-corrected chi connectivity index (χ4v) is 2.65. The van der Waals surface area contributed by atoms with Crippen molar-refractivity contribution in [2.75, 3.05) is 5.73 Å². The molecule has 0 bridgehead atoms. The molecule has 2 N–H and O–H groups in total. The van der Waals surface area contributed by atoms with Gasteiger partial charge in [0.05, 0.1) is 6.33 Å². The van der Waals surface area contributed by atoms with Gasteiger partial charge in [-0.15, -0.1) is 0 Å². The third-order valence-corrected chi connectivity index (χ3v) is 4.04. The Kier molecular flexibility index (Phi) is 2.11. The van der Waals surface area contributed by atoms with Crippen LogP contribution in [-0.4, -0.2) is 19.5 Å². The van der Waals surface area contributed by atoms with Crippen molar-refractivity contribution in [2.24, 2.45) is 11.8 Å². The summed E-state index contributed by atoms with van der Waals surface area (Å²) in [5.41, 5.74) is 7.46. The normalized spacial score (nSPS) is 28.3. The lowest BCUT2D eigenvalue weighted by atomic mass is 9.71. The van der Waals surface area contributed by atoms with E-state index in [9.17, 15) is 0 Å². The second kappa shape index (κ2) is 3.42. The van der Waals surface area contributed by atoms with Crippen LogP contribution in [0, 0.1) is 18.8 Å². The molecule has 2 aromatic rings. The average molecular weight is 231 g/mol. The number of nitrogens with zero attached hydrogens (tertiary/aromatic N) is 4. The van der Waals surface area contributed by atoms with Gasteiger partial charge in [-0.3, -0.25) is 0 Å². The summed E-state index contributed by atoms with van der Waals surface area (Å²) in [5.74, 6) is 2.63. The van der Waals surface area contributed by atoms with Crippen LogP contribution in [-0.2, 0) is 0 Å². The van der Waals surface area contributed by atoms with Gasteiger partial charge in [-0.25, -0.2) is 15.0 Å². The van der Waals surface area contributed by atoms with Crippen LogP contribution in [0.15, 0.2) is 6.33 Å². The molecule has 3 atom stereocenters. The van der Waals surface area contributed by atoms with Gasteiger partial charge in [-0.2, -0.15) is 0 Å². The molecule has 0 spiro atoms. The lowest BCUT2D eigenvalue weighted by Crippen LogP contribution is -2.34. The van der Waals surface area contributed by atoms with Crippen molar-refractivity contribution in [1.82, 2.24) is 19.5 Å². The zero-order valence-electron chi connectivity index (χ0n) is 10.4. The Morgan fingerprint density at radius 3 is 2.76 bits per heavy atom. The van der Waals surface area contributed by atoms with Gasteiger partial charge < -0.3 is 10.3 Å². The van der Waals surface area contributed by atoms with Crippen molar-refractivity contribution in [1.29, 1.82) is 0 Å². The molecule has 2 aromatic heterocycles. The van der Waals surface area contributed by atoms with E-state index in [1.54, 1.807) is 0 Å². The molecule has 0 aliphatic heterocycles. The van der Waals surface area contributed by atoms with Gasteiger partial charge in [-0.1, -0.05) is 13.8 Å². The highest BCUT2D eigenvalue weighted by atomic mass is 15.2. The fraction of sp³-hybridized carbons (Fsp3) is 0.583. The quantitative estimate of drug-likeness (QED) is 0.814. The van der Waals surface area contributed by atoms with Gasteiger partial charge in [0.2, 0.25) is 0 Å². The molecule has 3 unspecified atom stereocenters. The zero-order chi connectivity index (χ0) is 12.2. The molecule has 0 saturated heterocycles. The Morgan fingerprint density at radius 2 is 2.12 bits per heavy atom. The predicted molar refractivity (Wildman–Crippen MR) is 66.5 cm³/mol. The standard InChI is InChI=1S/C12H17N5/c1-6-4-9(7(6)2)17-5-14-10-11(13)15-8(3)16-12(10)17/h5-7,9H,4H2,1-3H3,(H2,13,15,16). The van der Waals surface area contributed by atoms with E-state index in [-0.39, 0.29) is 0 Å². The van der Waals surface area contributed by atoms with E-state index in [0.717, 1.165) is 17.1 Å². The minimum absolute atomic E-state index is 0.478. The third-order valence-electron chi connectivity index (χ3n) is 4.04. The minimum atomic E-state index is 0.478. The summed E-state index contributed by atoms with van der Waals surface area (Å²) in [7, 11) is 0. The third kappa shape index (κ3) is 1.41. The number of nitrogens with two attached hydrogens (primary N) is 1. The summed E-state index contributed by atoms with van der Waals surface area (Å²) in [5, 5.41) is 0. The smallest absolute Gasteiger partial charge is 0.166 e. The molecule has 0 amide bonds. The Labute approximate surface area is 100 Å². The fourth-order valence-electron chi connectivity index (χ4n) is 2.65. The van der Waals surface area contributed by atoms with E-state index in [4.69, 9.17) is 5.73 Å². The largest absolute Gasteiger partial charge is 0.382 e. The van der Waals surface area contributed by atoms with Crippen molar-refractivity contribution >= 4 is 17.0 Å². The summed E-state index contributed by atoms with van der Waals surface area (Å²) in [6.45, 7) is 6.43. The topological polar surface area (TPSA) is 69.6 Å². The zero-order valence-corrected chi connectivity index (χ0v) is 10.4. The molecule has 3 rings (SSSR count). The number of nitrogen functional groups attached to an aromatic ring is 1. The first-order chi connectivity index (χ1) is 8.08. The molecule has 1 aliphatic carbocycles. The summed E-state index contributed by atoms with van der Waals surface area (Å²) < 4.78 is 2.16. The molecule has 17 heavy (non-hydrogen) atoms. The maximum absolute atomic E-state index is 5.86. The second-order valence-electron chi connectivity index (χ2n) is 5.12. The molecule has 1 saturated carbocycles. The van der Waals surface area contributed by atoms with E-state index in [1.807, 2.05) is 13.3 Å². The Balaban J connectivity index is 2.12. The maximum Gasteiger partial charge on any atom is 0.166 e. The van der Waals surface area contributed by atoms with E-state index >= 15 is 0 Å². The van der Waals surface area contributed by atoms with Crippen LogP contribution in [0.4, 0.5) is 5.82 Å². The van der Waals surface area contributed by atoms with Crippen LogP contribution in [0.25, 0.3) is 11.2 Å². The monoisotopic (exact) mass is 231 g/mol. The van der Waals surface area contributed by atoms with Gasteiger partial charge in [0.15, 0.2) is 11.5 Å². The van der Waals surface area contributed by atoms with Crippen LogP contribution in [0.2, 0.25) is 0 Å². The number of hydrogen-bond donors (Lipinski definition) is 1. The molecule has 2 heterocycles. The van der Waals surface area contributed by atoms with Crippen molar-refractivity contribution in [3.05, 3.63) is 12.2 Å². The highest BCUT2D eigenvalue weighted by molar-refractivity contribution is 5.81. The predicted octanol–water partition coefficient (Wildman–Crippen LogP) is 1.93. The van der Waals surface area contributed by atoms with E-state index < -0.39 is 0 Å². The molecule has 1 aliphatic rings. The number of rotatable bonds is 1. The number of aryl methyl sites for hydroxylation is 1. The Morgan fingerprint density at radius 1 is 1.35 bits per heavy atom. The van der Waals surface area contributed by atoms with Crippen molar-refractivity contribution in [3.63, 3.8) is 0 Å². The van der Waals surface area contributed by atoms with Gasteiger partial charge in [0, 0.05) is 6.04 Å². The van der Waals surface area contributed by atoms with Crippen LogP contribution < -0.4 is 5.73 Å². The summed E-state index contributed by atoms with van der Waals surface area (Å²) in [6, 6.07) is 0.503. The highest BCUT2D eigenvalue weighted by Gasteiger charge is 2.36. The number of anilines is 1. The van der Waals surface area contributed by atoms with E-state index in [2.05, 4.69) is 33.4 Å². The summed E-state index contributed by atoms with van der Waals surface area (Å²) in [4.78, 5) is 12.9. The van der Waals surface area contributed by atoms with Crippen molar-refractivity contribution in [2.45, 2.75) is 33.2 Å². The van der Waals surface area contributed by atoms with Crippen LogP contribution in [0.1, 0.15) is 32.1 Å². The average Bonchev–Trinajstić information content (AvgIpc) is 2.69. The van der Waals surface area contributed by atoms with Crippen LogP contribution >= 0.6 is 0 Å². The molecule has 1 fully saturated rings. The highest BCUT2D eigenvalue weighted by Crippen LogP contribution is 2.44. The summed E-state index contributed by atoms with van der Waals surface area (Å²) in [6.07, 6.45) is 3.04. The number of hydrogen-bond acceptors (Lipinski definition) is 4. The molecule has 90 valence electrons. The molecule has 5 nitrogen and oxygen atoms in total. The van der Waals surface area contributed by atoms with Gasteiger partial charge in [-0.05, 0) is 25.2 Å². The molecule has 0 aromatic carbocycles. The van der Waals surface area contributed by atoms with Crippen molar-refractivity contribution in [3.8, 4) is 0 Å². The molecular weight excluding hydrogens is 214 g/mol. The number of imidazole rings is 1. The maximum atomic E-state index is 5.86. The second-order valence-corrected chi connectivity index (χ2v) is 5.12. The molecule has 5 heteroatoms. The Bertz CT molecular complexity index is 574. The lowest BCUT2D eigenvalue weighted by Gasteiger charge is -2.41. The summed E-state index contributed by atoms with van der Waals surface area (Å²) >= 11 is 0. The number of aromatic nitrogens is 4. The SMILES string of the molecule is Cc1nc(N)c2ncn(C3CC(C)C3C)c2n1. The van der Waals surface area contributed by atoms with Crippen LogP contribution in [0.3, 0.4) is 0 Å². The van der Waals surface area contributed by atoms with E-state index in [1.165, 1.54) is 6.42 Å². The first-order valence-electron chi connectivity index (χ1n) is 6.04. The molecule has 0 radical (unpaired) electrons. The van der Waals surface area contributed by atoms with Gasteiger partial charge in [0.25, 0.3) is 0 Å². The van der Waals surface area contributed by atoms with Crippen molar-refractivity contribution < 1.29 is 0 Å². The lowest BCUT2D eigenvalue weighted by molar-refractivity contribution is 0.114. The first-order valence-corrected chi connectivity index (χ1v) is 6.04. The number of fused-ring (bicyclic) bond motifs is 1. The van der Waals surface area contributed by atoms with Gasteiger partial charge in [0.1, 0.15) is 11.3 Å². The van der Waals surface area contributed by atoms with E-state index in [0.29, 0.717) is 23.6 Å².